The summed E-state index contributed by atoms with van der Waals surface area (Å²) in [7, 11) is -3.73. The number of carbonyl (C=O) groups excluding carboxylic acids is 2. The maximum atomic E-state index is 12.7. The van der Waals surface area contributed by atoms with Crippen molar-refractivity contribution in [2.75, 3.05) is 6.54 Å². The largest absolute Gasteiger partial charge is 0.361 e. The van der Waals surface area contributed by atoms with Crippen LogP contribution >= 0.6 is 0 Å². The van der Waals surface area contributed by atoms with Crippen LogP contribution in [0.3, 0.4) is 0 Å². The molecular formula is C21H24N4O4S. The summed E-state index contributed by atoms with van der Waals surface area (Å²) in [5, 5.41) is 11.6. The molecular weight excluding hydrogens is 404 g/mol. The average Bonchev–Trinajstić information content (AvgIpc) is 3.10. The van der Waals surface area contributed by atoms with Gasteiger partial charge in [-0.1, -0.05) is 30.3 Å². The molecule has 0 aliphatic carbocycles. The quantitative estimate of drug-likeness (QED) is 0.429. The molecule has 0 saturated heterocycles. The average molecular weight is 429 g/mol. The van der Waals surface area contributed by atoms with E-state index in [9.17, 15) is 18.0 Å². The number of para-hydroxylation sites is 1. The van der Waals surface area contributed by atoms with E-state index < -0.39 is 16.1 Å². The highest BCUT2D eigenvalue weighted by Gasteiger charge is 2.21. The number of nitrogens with one attached hydrogen (secondary N) is 3. The maximum Gasteiger partial charge on any atom is 0.242 e. The molecule has 8 nitrogen and oxygen atoms in total. The summed E-state index contributed by atoms with van der Waals surface area (Å²) in [6.07, 6.45) is 2.72. The number of hydrogen-bond donors (Lipinski definition) is 4. The number of carbonyl (C=O) groups is 2. The van der Waals surface area contributed by atoms with Gasteiger partial charge in [0.2, 0.25) is 21.8 Å². The van der Waals surface area contributed by atoms with Crippen LogP contribution in [0.5, 0.6) is 0 Å². The molecule has 0 aliphatic heterocycles. The Bertz CT molecular complexity index is 1150. The number of benzene rings is 2. The summed E-state index contributed by atoms with van der Waals surface area (Å²) in [6.45, 7) is 1.72. The van der Waals surface area contributed by atoms with Gasteiger partial charge in [-0.2, -0.15) is 0 Å². The number of rotatable bonds is 8. The lowest BCUT2D eigenvalue weighted by Gasteiger charge is -2.17. The van der Waals surface area contributed by atoms with Gasteiger partial charge in [0.05, 0.1) is 4.90 Å². The molecule has 30 heavy (non-hydrogen) atoms. The van der Waals surface area contributed by atoms with Gasteiger partial charge in [0.25, 0.3) is 0 Å². The zero-order chi connectivity index (χ0) is 21.7. The first-order valence-corrected chi connectivity index (χ1v) is 11.0. The van der Waals surface area contributed by atoms with Crippen molar-refractivity contribution >= 4 is 32.7 Å². The van der Waals surface area contributed by atoms with Crippen LogP contribution in [0.25, 0.3) is 10.9 Å². The summed E-state index contributed by atoms with van der Waals surface area (Å²) in [6, 6.07) is 13.2. The summed E-state index contributed by atoms with van der Waals surface area (Å²) >= 11 is 0. The van der Waals surface area contributed by atoms with E-state index in [1.54, 1.807) is 12.1 Å². The zero-order valence-corrected chi connectivity index (χ0v) is 17.3. The van der Waals surface area contributed by atoms with Gasteiger partial charge in [-0.25, -0.2) is 13.6 Å². The van der Waals surface area contributed by atoms with E-state index in [-0.39, 0.29) is 16.7 Å². The molecule has 0 unspecified atom stereocenters. The predicted molar refractivity (Wildman–Crippen MR) is 114 cm³/mol. The van der Waals surface area contributed by atoms with Gasteiger partial charge in [-0.05, 0) is 35.7 Å². The Morgan fingerprint density at radius 2 is 1.80 bits per heavy atom. The second-order valence-electron chi connectivity index (χ2n) is 7.05. The van der Waals surface area contributed by atoms with Gasteiger partial charge in [-0.3, -0.25) is 9.59 Å². The zero-order valence-electron chi connectivity index (χ0n) is 16.5. The lowest BCUT2D eigenvalue weighted by molar-refractivity contribution is -0.128. The van der Waals surface area contributed by atoms with Crippen molar-refractivity contribution in [3.05, 3.63) is 65.9 Å². The normalized spacial score (nSPS) is 12.5. The fourth-order valence-corrected chi connectivity index (χ4v) is 3.79. The smallest absolute Gasteiger partial charge is 0.242 e. The lowest BCUT2D eigenvalue weighted by atomic mass is 10.0. The van der Waals surface area contributed by atoms with Gasteiger partial charge in [-0.15, -0.1) is 0 Å². The minimum Gasteiger partial charge on any atom is -0.361 e. The molecule has 1 heterocycles. The molecule has 3 rings (SSSR count). The lowest BCUT2D eigenvalue weighted by Crippen LogP contribution is -2.47. The molecule has 0 spiro atoms. The summed E-state index contributed by atoms with van der Waals surface area (Å²) in [4.78, 5) is 27.5. The third kappa shape index (κ3) is 5.46. The van der Waals surface area contributed by atoms with E-state index >= 15 is 0 Å². The van der Waals surface area contributed by atoms with E-state index in [0.717, 1.165) is 22.0 Å². The number of aromatic amines is 1. The summed E-state index contributed by atoms with van der Waals surface area (Å²) in [5.74, 6) is -0.565. The highest BCUT2D eigenvalue weighted by atomic mass is 32.2. The molecule has 9 heteroatoms. The SMILES string of the molecule is CC(=O)N[C@@H](Cc1c[nH]c2ccccc12)C(=O)NCCc1ccc(S(N)(=O)=O)cc1. The number of amides is 2. The topological polar surface area (TPSA) is 134 Å². The van der Waals surface area contributed by atoms with Gasteiger partial charge in [0.1, 0.15) is 6.04 Å². The number of H-pyrrole nitrogens is 1. The number of fused-ring (bicyclic) bond motifs is 1. The van der Waals surface area contributed by atoms with Crippen LogP contribution in [0.2, 0.25) is 0 Å². The molecule has 2 aromatic carbocycles. The van der Waals surface area contributed by atoms with Gasteiger partial charge in [0, 0.05) is 37.0 Å². The minimum absolute atomic E-state index is 0.0414. The molecule has 0 bridgehead atoms. The minimum atomic E-state index is -3.73. The number of aromatic nitrogens is 1. The van der Waals surface area contributed by atoms with Crippen LogP contribution in [0, 0.1) is 0 Å². The molecule has 5 N–H and O–H groups in total. The Hall–Kier alpha value is -3.17. The summed E-state index contributed by atoms with van der Waals surface area (Å²) < 4.78 is 22.6. The molecule has 0 radical (unpaired) electrons. The Kier molecular flexibility index (Phi) is 6.53. The van der Waals surface area contributed by atoms with Crippen molar-refractivity contribution in [3.63, 3.8) is 0 Å². The molecule has 3 aromatic rings. The van der Waals surface area contributed by atoms with E-state index in [1.165, 1.54) is 19.1 Å². The van der Waals surface area contributed by atoms with Crippen molar-refractivity contribution in [2.45, 2.75) is 30.7 Å². The third-order valence-corrected chi connectivity index (χ3v) is 5.69. The Morgan fingerprint density at radius 3 is 2.47 bits per heavy atom. The van der Waals surface area contributed by atoms with Crippen molar-refractivity contribution in [3.8, 4) is 0 Å². The Morgan fingerprint density at radius 1 is 1.10 bits per heavy atom. The van der Waals surface area contributed by atoms with Crippen molar-refractivity contribution in [1.29, 1.82) is 0 Å². The highest BCUT2D eigenvalue weighted by Crippen LogP contribution is 2.19. The predicted octanol–water partition coefficient (Wildman–Crippen LogP) is 1.22. The first-order valence-electron chi connectivity index (χ1n) is 9.45. The molecule has 158 valence electrons. The fraction of sp³-hybridized carbons (Fsp3) is 0.238. The second-order valence-corrected chi connectivity index (χ2v) is 8.61. The molecule has 0 saturated carbocycles. The number of sulfonamides is 1. The van der Waals surface area contributed by atoms with Crippen LogP contribution < -0.4 is 15.8 Å². The number of nitrogens with two attached hydrogens (primary N) is 1. The van der Waals surface area contributed by atoms with Crippen molar-refractivity contribution in [1.82, 2.24) is 15.6 Å². The number of primary sulfonamides is 1. The van der Waals surface area contributed by atoms with E-state index in [4.69, 9.17) is 5.14 Å². The monoisotopic (exact) mass is 428 g/mol. The maximum absolute atomic E-state index is 12.7. The molecule has 1 atom stereocenters. The van der Waals surface area contributed by atoms with Crippen LogP contribution in [0.4, 0.5) is 0 Å². The van der Waals surface area contributed by atoms with E-state index in [1.807, 2.05) is 30.5 Å². The van der Waals surface area contributed by atoms with Crippen molar-refractivity contribution in [2.24, 2.45) is 5.14 Å². The Labute approximate surface area is 174 Å². The highest BCUT2D eigenvalue weighted by molar-refractivity contribution is 7.89. The van der Waals surface area contributed by atoms with Crippen molar-refractivity contribution < 1.29 is 18.0 Å². The Balaban J connectivity index is 1.62. The number of hydrogen-bond acceptors (Lipinski definition) is 4. The van der Waals surface area contributed by atoms with Crippen LogP contribution in [0.15, 0.2) is 59.6 Å². The first kappa shape index (κ1) is 21.5. The van der Waals surface area contributed by atoms with E-state index in [2.05, 4.69) is 15.6 Å². The van der Waals surface area contributed by atoms with Gasteiger partial charge < -0.3 is 15.6 Å². The van der Waals surface area contributed by atoms with Crippen LogP contribution in [-0.4, -0.2) is 37.8 Å². The molecule has 2 amide bonds. The molecule has 1 aromatic heterocycles. The van der Waals surface area contributed by atoms with Crippen LogP contribution in [-0.2, 0) is 32.5 Å². The van der Waals surface area contributed by atoms with E-state index in [0.29, 0.717) is 19.4 Å². The fourth-order valence-electron chi connectivity index (χ4n) is 3.27. The standard InChI is InChI=1S/C21H24N4O4S/c1-14(26)25-20(12-16-13-24-19-5-3-2-4-18(16)19)21(27)23-11-10-15-6-8-17(9-7-15)30(22,28)29/h2-9,13,20,24H,10-12H2,1H3,(H,23,27)(H,25,26)(H2,22,28,29)/t20-/m0/s1. The van der Waals surface area contributed by atoms with Gasteiger partial charge in [0.15, 0.2) is 0 Å². The first-order chi connectivity index (χ1) is 14.2. The van der Waals surface area contributed by atoms with Gasteiger partial charge >= 0.3 is 0 Å². The molecule has 0 aliphatic rings. The summed E-state index contributed by atoms with van der Waals surface area (Å²) in [5.41, 5.74) is 2.77. The van der Waals surface area contributed by atoms with Crippen LogP contribution in [0.1, 0.15) is 18.1 Å². The second kappa shape index (κ2) is 9.10. The third-order valence-electron chi connectivity index (χ3n) is 4.76. The molecule has 0 fully saturated rings.